The number of nitrogens with zero attached hydrogens (tertiary/aromatic N) is 2. The first kappa shape index (κ1) is 16.3. The molecule has 1 aromatic carbocycles. The smallest absolute Gasteiger partial charge is 0.410 e. The number of hydrogen-bond donors (Lipinski definition) is 0. The summed E-state index contributed by atoms with van der Waals surface area (Å²) >= 11 is 0. The summed E-state index contributed by atoms with van der Waals surface area (Å²) in [6, 6.07) is 9.63. The first-order valence-electron chi connectivity index (χ1n) is 7.44. The summed E-state index contributed by atoms with van der Waals surface area (Å²) in [4.78, 5) is 27.0. The zero-order valence-electron chi connectivity index (χ0n) is 12.9. The Labute approximate surface area is 130 Å². The summed E-state index contributed by atoms with van der Waals surface area (Å²) in [5, 5.41) is 0. The van der Waals surface area contributed by atoms with Crippen LogP contribution in [-0.2, 0) is 20.9 Å². The number of carbonyl (C=O) groups excluding carboxylic acids is 2. The molecule has 0 N–H and O–H groups in total. The van der Waals surface area contributed by atoms with Gasteiger partial charge in [-0.2, -0.15) is 0 Å². The van der Waals surface area contributed by atoms with Crippen LogP contribution >= 0.6 is 0 Å². The monoisotopic (exact) mass is 306 g/mol. The van der Waals surface area contributed by atoms with Gasteiger partial charge in [0.05, 0.1) is 13.5 Å². The number of esters is 1. The zero-order valence-corrected chi connectivity index (χ0v) is 12.9. The van der Waals surface area contributed by atoms with Crippen LogP contribution in [0.15, 0.2) is 30.3 Å². The van der Waals surface area contributed by atoms with Crippen molar-refractivity contribution >= 4 is 12.1 Å². The highest BCUT2D eigenvalue weighted by atomic mass is 16.6. The first-order valence-corrected chi connectivity index (χ1v) is 7.44. The molecule has 0 spiro atoms. The second kappa shape index (κ2) is 8.38. The number of piperazine rings is 1. The van der Waals surface area contributed by atoms with Crippen LogP contribution in [0.25, 0.3) is 0 Å². The molecule has 1 heterocycles. The third-order valence-corrected chi connectivity index (χ3v) is 3.70. The lowest BCUT2D eigenvalue weighted by molar-refractivity contribution is -0.141. The predicted octanol–water partition coefficient (Wildman–Crippen LogP) is 1.50. The summed E-state index contributed by atoms with van der Waals surface area (Å²) in [5.74, 6) is -0.204. The third kappa shape index (κ3) is 5.04. The Kier molecular flexibility index (Phi) is 6.21. The maximum Gasteiger partial charge on any atom is 0.410 e. The van der Waals surface area contributed by atoms with Gasteiger partial charge in [0.1, 0.15) is 6.61 Å². The minimum absolute atomic E-state index is 0.204. The van der Waals surface area contributed by atoms with Crippen molar-refractivity contribution in [1.29, 1.82) is 0 Å². The van der Waals surface area contributed by atoms with Gasteiger partial charge in [-0.1, -0.05) is 30.3 Å². The largest absolute Gasteiger partial charge is 0.469 e. The summed E-state index contributed by atoms with van der Waals surface area (Å²) in [7, 11) is 1.39. The van der Waals surface area contributed by atoms with Gasteiger partial charge in [-0.25, -0.2) is 4.79 Å². The summed E-state index contributed by atoms with van der Waals surface area (Å²) in [6.45, 7) is 3.69. The van der Waals surface area contributed by atoms with Crippen LogP contribution in [-0.4, -0.2) is 61.7 Å². The van der Waals surface area contributed by atoms with Gasteiger partial charge in [0.2, 0.25) is 0 Å². The number of amides is 1. The van der Waals surface area contributed by atoms with Crippen molar-refractivity contribution in [2.45, 2.75) is 13.0 Å². The maximum absolute atomic E-state index is 12.0. The van der Waals surface area contributed by atoms with E-state index in [4.69, 9.17) is 4.74 Å². The molecule has 6 heteroatoms. The topological polar surface area (TPSA) is 59.1 Å². The van der Waals surface area contributed by atoms with Crippen LogP contribution in [0.1, 0.15) is 12.0 Å². The van der Waals surface area contributed by atoms with Crippen molar-refractivity contribution in [3.05, 3.63) is 35.9 Å². The van der Waals surface area contributed by atoms with Crippen LogP contribution < -0.4 is 0 Å². The number of rotatable bonds is 5. The Morgan fingerprint density at radius 3 is 2.41 bits per heavy atom. The second-order valence-electron chi connectivity index (χ2n) is 5.20. The molecule has 0 radical (unpaired) electrons. The minimum atomic E-state index is -0.281. The van der Waals surface area contributed by atoms with Gasteiger partial charge in [0.25, 0.3) is 0 Å². The molecule has 1 aromatic rings. The molecule has 0 bridgehead atoms. The Morgan fingerprint density at radius 2 is 1.77 bits per heavy atom. The molecule has 0 unspecified atom stereocenters. The fourth-order valence-electron chi connectivity index (χ4n) is 2.32. The van der Waals surface area contributed by atoms with Crippen molar-refractivity contribution in [3.63, 3.8) is 0 Å². The van der Waals surface area contributed by atoms with Crippen molar-refractivity contribution < 1.29 is 19.1 Å². The van der Waals surface area contributed by atoms with Gasteiger partial charge < -0.3 is 14.4 Å². The quantitative estimate of drug-likeness (QED) is 0.772. The van der Waals surface area contributed by atoms with Gasteiger partial charge in [-0.3, -0.25) is 9.69 Å². The number of carbonyl (C=O) groups is 2. The van der Waals surface area contributed by atoms with Crippen molar-refractivity contribution in [1.82, 2.24) is 9.80 Å². The molecular formula is C16H22N2O4. The molecule has 1 aliphatic heterocycles. The molecule has 1 aliphatic rings. The van der Waals surface area contributed by atoms with E-state index < -0.39 is 0 Å². The van der Waals surface area contributed by atoms with Crippen LogP contribution in [0, 0.1) is 0 Å². The molecule has 0 saturated carbocycles. The number of ether oxygens (including phenoxy) is 2. The molecule has 1 saturated heterocycles. The molecule has 2 rings (SSSR count). The normalized spacial score (nSPS) is 15.4. The molecule has 1 fully saturated rings. The number of hydrogen-bond acceptors (Lipinski definition) is 5. The molecule has 22 heavy (non-hydrogen) atoms. The first-order chi connectivity index (χ1) is 10.7. The predicted molar refractivity (Wildman–Crippen MR) is 81.3 cm³/mol. The standard InChI is InChI=1S/C16H22N2O4/c1-21-15(19)7-8-17-9-11-18(12-10-17)16(20)22-13-14-5-3-2-4-6-14/h2-6H,7-13H2,1H3. The van der Waals surface area contributed by atoms with Gasteiger partial charge in [-0.15, -0.1) is 0 Å². The average Bonchev–Trinajstić information content (AvgIpc) is 2.59. The zero-order chi connectivity index (χ0) is 15.8. The highest BCUT2D eigenvalue weighted by Gasteiger charge is 2.22. The second-order valence-corrected chi connectivity index (χ2v) is 5.20. The Hall–Kier alpha value is -2.08. The van der Waals surface area contributed by atoms with E-state index >= 15 is 0 Å². The molecule has 6 nitrogen and oxygen atoms in total. The fraction of sp³-hybridized carbons (Fsp3) is 0.500. The van der Waals surface area contributed by atoms with Crippen LogP contribution in [0.2, 0.25) is 0 Å². The van der Waals surface area contributed by atoms with E-state index in [1.807, 2.05) is 30.3 Å². The third-order valence-electron chi connectivity index (χ3n) is 3.70. The van der Waals surface area contributed by atoms with Crippen molar-refractivity contribution in [2.75, 3.05) is 39.8 Å². The van der Waals surface area contributed by atoms with Crippen LogP contribution in [0.3, 0.4) is 0 Å². The highest BCUT2D eigenvalue weighted by molar-refractivity contribution is 5.69. The molecule has 0 aromatic heterocycles. The lowest BCUT2D eigenvalue weighted by atomic mass is 10.2. The fourth-order valence-corrected chi connectivity index (χ4v) is 2.32. The van der Waals surface area contributed by atoms with E-state index in [9.17, 15) is 9.59 Å². The summed E-state index contributed by atoms with van der Waals surface area (Å²) < 4.78 is 9.94. The van der Waals surface area contributed by atoms with Crippen LogP contribution in [0.5, 0.6) is 0 Å². The van der Waals surface area contributed by atoms with E-state index in [-0.39, 0.29) is 12.1 Å². The van der Waals surface area contributed by atoms with Crippen molar-refractivity contribution in [2.24, 2.45) is 0 Å². The van der Waals surface area contributed by atoms with E-state index in [2.05, 4.69) is 9.64 Å². The van der Waals surface area contributed by atoms with E-state index in [1.54, 1.807) is 4.90 Å². The summed E-state index contributed by atoms with van der Waals surface area (Å²) in [5.41, 5.74) is 0.979. The van der Waals surface area contributed by atoms with E-state index in [0.29, 0.717) is 32.7 Å². The lowest BCUT2D eigenvalue weighted by Crippen LogP contribution is -2.49. The minimum Gasteiger partial charge on any atom is -0.469 e. The molecule has 0 atom stereocenters. The van der Waals surface area contributed by atoms with Gasteiger partial charge in [-0.05, 0) is 5.56 Å². The van der Waals surface area contributed by atoms with E-state index in [0.717, 1.165) is 18.7 Å². The number of methoxy groups -OCH3 is 1. The van der Waals surface area contributed by atoms with Gasteiger partial charge in [0.15, 0.2) is 0 Å². The maximum atomic E-state index is 12.0. The summed E-state index contributed by atoms with van der Waals surface area (Å²) in [6.07, 6.45) is 0.103. The van der Waals surface area contributed by atoms with Crippen molar-refractivity contribution in [3.8, 4) is 0 Å². The Balaban J connectivity index is 1.67. The van der Waals surface area contributed by atoms with Crippen LogP contribution in [0.4, 0.5) is 4.79 Å². The highest BCUT2D eigenvalue weighted by Crippen LogP contribution is 2.07. The molecule has 0 aliphatic carbocycles. The molecule has 1 amide bonds. The Morgan fingerprint density at radius 1 is 1.09 bits per heavy atom. The van der Waals surface area contributed by atoms with E-state index in [1.165, 1.54) is 7.11 Å². The SMILES string of the molecule is COC(=O)CCN1CCN(C(=O)OCc2ccccc2)CC1. The number of benzene rings is 1. The molecular weight excluding hydrogens is 284 g/mol. The van der Waals surface area contributed by atoms with Gasteiger partial charge >= 0.3 is 12.1 Å². The lowest BCUT2D eigenvalue weighted by Gasteiger charge is -2.33. The average molecular weight is 306 g/mol. The Bertz CT molecular complexity index is 484. The van der Waals surface area contributed by atoms with Gasteiger partial charge in [0, 0.05) is 32.7 Å². The molecule has 120 valence electrons.